The van der Waals surface area contributed by atoms with E-state index >= 15 is 0 Å². The highest BCUT2D eigenvalue weighted by atomic mass is 28.4. The van der Waals surface area contributed by atoms with E-state index in [-0.39, 0.29) is 97.5 Å². The Kier molecular flexibility index (Phi) is 20.2. The minimum atomic E-state index is -2.12. The van der Waals surface area contributed by atoms with Gasteiger partial charge < -0.3 is 56.3 Å². The summed E-state index contributed by atoms with van der Waals surface area (Å²) < 4.78 is 78.1. The largest absolute Gasteiger partial charge is 0.414 e. The van der Waals surface area contributed by atoms with Gasteiger partial charge in [0.05, 0.1) is 73.8 Å². The molecule has 8 saturated heterocycles. The molecule has 9 aliphatic heterocycles. The molecule has 13 unspecified atom stereocenters. The molecule has 0 aliphatic carbocycles. The fourth-order valence-electron chi connectivity index (χ4n) is 14.8. The summed E-state index contributed by atoms with van der Waals surface area (Å²) in [5, 5.41) is 12.2. The molecule has 15 heteroatoms. The number of aliphatic hydroxyl groups excluding tert-OH is 1. The smallest absolute Gasteiger partial charge is 0.192 e. The maximum absolute atomic E-state index is 12.2. The van der Waals surface area contributed by atoms with Gasteiger partial charge in [-0.25, -0.2) is 0 Å². The van der Waals surface area contributed by atoms with Crippen molar-refractivity contribution >= 4 is 25.0 Å². The van der Waals surface area contributed by atoms with Crippen LogP contribution >= 0.6 is 0 Å². The number of fused-ring (bicyclic) bond motifs is 6. The first-order valence-electron chi connectivity index (χ1n) is 30.0. The van der Waals surface area contributed by atoms with E-state index in [1.54, 1.807) is 0 Å². The molecule has 73 heavy (non-hydrogen) atoms. The van der Waals surface area contributed by atoms with Gasteiger partial charge in [0, 0.05) is 38.7 Å². The molecule has 9 aliphatic rings. The predicted molar refractivity (Wildman–Crippen MR) is 295 cm³/mol. The second-order valence-electron chi connectivity index (χ2n) is 24.0. The Hall–Kier alpha value is -0.609. The Labute approximate surface area is 445 Å². The molecule has 19 atom stereocenters. The lowest BCUT2D eigenvalue weighted by Gasteiger charge is -2.47. The Bertz CT molecular complexity index is 1800. The molecule has 11 bridgehead atoms. The summed E-state index contributed by atoms with van der Waals surface area (Å²) in [6, 6.07) is 9.57. The van der Waals surface area contributed by atoms with E-state index in [1.807, 2.05) is 7.11 Å². The first kappa shape index (κ1) is 58.5. The van der Waals surface area contributed by atoms with E-state index < -0.39 is 36.8 Å². The quantitative estimate of drug-likeness (QED) is 0.0979. The molecule has 1 spiro atoms. The fourth-order valence-corrected chi connectivity index (χ4v) is 23.2. The van der Waals surface area contributed by atoms with Crippen molar-refractivity contribution in [3.8, 4) is 0 Å². The molecule has 9 rings (SSSR count). The molecular formula is C58H102O12Si3. The Balaban J connectivity index is 1.08. The maximum atomic E-state index is 12.2. The van der Waals surface area contributed by atoms with Gasteiger partial charge in [0.15, 0.2) is 30.7 Å². The van der Waals surface area contributed by atoms with Crippen molar-refractivity contribution in [3.63, 3.8) is 0 Å². The highest BCUT2D eigenvalue weighted by Crippen LogP contribution is 2.54. The van der Waals surface area contributed by atoms with Gasteiger partial charge in [0.25, 0.3) is 0 Å². The minimum absolute atomic E-state index is 0.0190. The van der Waals surface area contributed by atoms with Crippen molar-refractivity contribution in [3.05, 3.63) is 36.5 Å². The molecule has 0 aromatic heterocycles. The average molecular weight is 1080 g/mol. The van der Waals surface area contributed by atoms with E-state index in [0.717, 1.165) is 104 Å². The zero-order chi connectivity index (χ0) is 52.3. The summed E-state index contributed by atoms with van der Waals surface area (Å²) in [6.07, 6.45) is 10.1. The van der Waals surface area contributed by atoms with Crippen molar-refractivity contribution in [2.45, 2.75) is 304 Å². The van der Waals surface area contributed by atoms with Crippen LogP contribution in [0, 0.1) is 11.8 Å². The highest BCUT2D eigenvalue weighted by molar-refractivity contribution is 6.74. The van der Waals surface area contributed by atoms with Crippen molar-refractivity contribution in [2.24, 2.45) is 11.8 Å². The standard InChI is InChI=1S/C58H102O12Si3/c1-14-71(15-2,16-3)61-37-44(69-72(17-4,18-5)19-6)34-50-52(60-13)45-33-41(59)25-23-24-26-47-54(70-73(20-7,21-8)22-9)57-56-55(65-47)53-51(66-56)36-58(67-53,68-57)30-29-43-32-39(11)46(62-43)28-27-42-31-38(10)40(12)48(63-42)35-49(45)64-50/h23-24,38,41-57,59H,11-12,14-22,25-37H2,1-10,13H3/b24-23+/t38?,41?,42?,43?,44?,45?,46?,47?,48?,49?,50-,51-,52-,53?,54?,55+,56?,57+,58+/m1/s1. The van der Waals surface area contributed by atoms with Crippen LogP contribution in [-0.2, 0) is 51.2 Å². The van der Waals surface area contributed by atoms with Gasteiger partial charge in [-0.15, -0.1) is 0 Å². The van der Waals surface area contributed by atoms with Crippen LogP contribution in [0.15, 0.2) is 36.5 Å². The van der Waals surface area contributed by atoms with Crippen LogP contribution in [0.1, 0.15) is 146 Å². The van der Waals surface area contributed by atoms with Crippen LogP contribution in [0.25, 0.3) is 0 Å². The fraction of sp³-hybridized carbons (Fsp3) is 0.897. The Morgan fingerprint density at radius 2 is 1.29 bits per heavy atom. The maximum Gasteiger partial charge on any atom is 0.192 e. The molecule has 8 fully saturated rings. The number of hydrogen-bond donors (Lipinski definition) is 1. The molecule has 9 heterocycles. The van der Waals surface area contributed by atoms with Gasteiger partial charge in [-0.1, -0.05) is 94.5 Å². The van der Waals surface area contributed by atoms with Crippen LogP contribution in [0.4, 0.5) is 0 Å². The summed E-state index contributed by atoms with van der Waals surface area (Å²) in [7, 11) is -4.21. The first-order chi connectivity index (χ1) is 35.1. The minimum Gasteiger partial charge on any atom is -0.414 e. The number of rotatable bonds is 19. The lowest BCUT2D eigenvalue weighted by atomic mass is 9.81. The normalized spacial score (nSPS) is 41.3. The van der Waals surface area contributed by atoms with Gasteiger partial charge in [0.2, 0.25) is 0 Å². The molecule has 0 aromatic carbocycles. The second kappa shape index (κ2) is 25.2. The topological polar surface area (TPSA) is 122 Å². The van der Waals surface area contributed by atoms with Crippen molar-refractivity contribution in [1.82, 2.24) is 0 Å². The molecule has 0 saturated carbocycles. The number of hydrogen-bond acceptors (Lipinski definition) is 12. The zero-order valence-corrected chi connectivity index (χ0v) is 50.5. The van der Waals surface area contributed by atoms with Gasteiger partial charge in [-0.2, -0.15) is 0 Å². The molecular weight excluding hydrogens is 973 g/mol. The van der Waals surface area contributed by atoms with Gasteiger partial charge in [0.1, 0.15) is 30.5 Å². The average Bonchev–Trinajstić information content (AvgIpc) is 4.08. The van der Waals surface area contributed by atoms with E-state index in [0.29, 0.717) is 51.0 Å². The molecule has 1 N–H and O–H groups in total. The van der Waals surface area contributed by atoms with E-state index in [4.69, 9.17) is 51.2 Å². The third kappa shape index (κ3) is 12.6. The van der Waals surface area contributed by atoms with Gasteiger partial charge in [-0.3, -0.25) is 0 Å². The third-order valence-corrected chi connectivity index (χ3v) is 34.3. The lowest BCUT2D eigenvalue weighted by Crippen LogP contribution is -2.62. The van der Waals surface area contributed by atoms with Crippen LogP contribution in [0.3, 0.4) is 0 Å². The van der Waals surface area contributed by atoms with Crippen LogP contribution < -0.4 is 0 Å². The summed E-state index contributed by atoms with van der Waals surface area (Å²) in [5.74, 6) is -0.551. The van der Waals surface area contributed by atoms with E-state index in [9.17, 15) is 5.11 Å². The SMILES string of the molecule is C=C1CC2CC[C@@]34C[C@H]5OC6[C@@H](OC(C/C=C/CC(O)CC7C(CC8OC(CCC1O2)CC(C)C8=C)O[C@H](CC(CO[Si](CC)(CC)CC)O[Si](CC)(CC)CC)[C@@H]7OC)C(O[Si](CC)(CC)CC)[C@@H]6O3)C5O4. The lowest BCUT2D eigenvalue weighted by molar-refractivity contribution is -0.271. The van der Waals surface area contributed by atoms with E-state index in [2.05, 4.69) is 94.5 Å². The summed E-state index contributed by atoms with van der Waals surface area (Å²) >= 11 is 0. The van der Waals surface area contributed by atoms with E-state index in [1.165, 1.54) is 0 Å². The zero-order valence-electron chi connectivity index (χ0n) is 47.5. The molecule has 418 valence electrons. The Morgan fingerprint density at radius 1 is 0.658 bits per heavy atom. The molecule has 12 nitrogen and oxygen atoms in total. The van der Waals surface area contributed by atoms with Crippen LogP contribution in [-0.4, -0.2) is 147 Å². The number of aliphatic hydroxyl groups is 1. The van der Waals surface area contributed by atoms with Crippen LogP contribution in [0.5, 0.6) is 0 Å². The highest BCUT2D eigenvalue weighted by Gasteiger charge is 2.68. The Morgan fingerprint density at radius 3 is 1.96 bits per heavy atom. The van der Waals surface area contributed by atoms with Crippen molar-refractivity contribution in [1.29, 1.82) is 0 Å². The molecule has 0 radical (unpaired) electrons. The van der Waals surface area contributed by atoms with Crippen molar-refractivity contribution < 1.29 is 56.3 Å². The third-order valence-electron chi connectivity index (χ3n) is 20.3. The monoisotopic (exact) mass is 1070 g/mol. The summed E-state index contributed by atoms with van der Waals surface area (Å²) in [6.45, 7) is 32.8. The van der Waals surface area contributed by atoms with Crippen molar-refractivity contribution in [2.75, 3.05) is 13.7 Å². The second-order valence-corrected chi connectivity index (χ2v) is 38.2. The van der Waals surface area contributed by atoms with Crippen LogP contribution in [0.2, 0.25) is 54.4 Å². The number of methoxy groups -OCH3 is 1. The van der Waals surface area contributed by atoms with Gasteiger partial charge >= 0.3 is 0 Å². The summed E-state index contributed by atoms with van der Waals surface area (Å²) in [4.78, 5) is 0. The summed E-state index contributed by atoms with van der Waals surface area (Å²) in [5.41, 5.74) is 2.29. The van der Waals surface area contributed by atoms with Gasteiger partial charge in [-0.05, 0) is 123 Å². The first-order valence-corrected chi connectivity index (χ1v) is 37.5. The molecule has 0 amide bonds. The predicted octanol–water partition coefficient (Wildman–Crippen LogP) is 12.1. The molecule has 0 aromatic rings. The number of ether oxygens (including phenoxy) is 8.